The minimum atomic E-state index is -3.73. The van der Waals surface area contributed by atoms with E-state index in [2.05, 4.69) is 0 Å². The molecule has 40 heavy (non-hydrogen) atoms. The second-order valence-electron chi connectivity index (χ2n) is 9.16. The average Bonchev–Trinajstić information content (AvgIpc) is 3.27. The Labute approximate surface area is 249 Å². The molecule has 10 heteroatoms. The van der Waals surface area contributed by atoms with Gasteiger partial charge < -0.3 is 9.47 Å². The molecule has 0 atom stereocenters. The maximum absolute atomic E-state index is 14.0. The van der Waals surface area contributed by atoms with Crippen LogP contribution in [0.15, 0.2) is 75.8 Å². The molecule has 0 saturated heterocycles. The standard InChI is InChI=1S/C30H32ClNO5S3/c1-4-36-29(33)20-37-27-12-11-25(18-21(27)2)38-17-16-32(15-14-23-8-6-5-7-9-23)40(34,35)30-22(3)26-19-24(31)10-13-28(26)39-30/h5-13,18-19H,4,14-17,20H2,1-3H3. The predicted octanol–water partition coefficient (Wildman–Crippen LogP) is 7.14. The highest BCUT2D eigenvalue weighted by Gasteiger charge is 2.29. The largest absolute Gasteiger partial charge is 0.482 e. The molecule has 0 saturated carbocycles. The van der Waals surface area contributed by atoms with Gasteiger partial charge in [0.15, 0.2) is 6.61 Å². The number of rotatable bonds is 13. The lowest BCUT2D eigenvalue weighted by molar-refractivity contribution is -0.145. The number of fused-ring (bicyclic) bond motifs is 1. The predicted molar refractivity (Wildman–Crippen MR) is 165 cm³/mol. The van der Waals surface area contributed by atoms with Gasteiger partial charge in [-0.25, -0.2) is 13.2 Å². The summed E-state index contributed by atoms with van der Waals surface area (Å²) in [5.41, 5.74) is 2.71. The second-order valence-corrected chi connectivity index (χ2v) is 14.0. The third-order valence-corrected chi connectivity index (χ3v) is 11.3. The van der Waals surface area contributed by atoms with Gasteiger partial charge in [-0.3, -0.25) is 0 Å². The average molecular weight is 618 g/mol. The van der Waals surface area contributed by atoms with Crippen molar-refractivity contribution in [1.82, 2.24) is 4.31 Å². The molecule has 0 spiro atoms. The Hall–Kier alpha value is -2.56. The van der Waals surface area contributed by atoms with Crippen molar-refractivity contribution in [3.63, 3.8) is 0 Å². The van der Waals surface area contributed by atoms with Crippen LogP contribution in [0, 0.1) is 13.8 Å². The number of sulfonamides is 1. The van der Waals surface area contributed by atoms with Gasteiger partial charge in [-0.05, 0) is 85.7 Å². The first-order valence-corrected chi connectivity index (χ1v) is 16.6. The minimum Gasteiger partial charge on any atom is -0.482 e. The number of thioether (sulfide) groups is 1. The summed E-state index contributed by atoms with van der Waals surface area (Å²) in [6.45, 7) is 6.42. The van der Waals surface area contributed by atoms with Gasteiger partial charge >= 0.3 is 5.97 Å². The molecule has 3 aromatic carbocycles. The highest BCUT2D eigenvalue weighted by Crippen LogP contribution is 2.37. The Morgan fingerprint density at radius 2 is 1.80 bits per heavy atom. The number of carbonyl (C=O) groups excluding carboxylic acids is 1. The molecule has 6 nitrogen and oxygen atoms in total. The number of thiophene rings is 1. The first-order valence-electron chi connectivity index (χ1n) is 12.9. The first-order chi connectivity index (χ1) is 19.2. The molecule has 0 fully saturated rings. The number of halogens is 1. The van der Waals surface area contributed by atoms with Crippen LogP contribution < -0.4 is 4.74 Å². The molecule has 4 aromatic rings. The van der Waals surface area contributed by atoms with Crippen molar-refractivity contribution in [2.45, 2.75) is 36.3 Å². The first kappa shape index (κ1) is 30.4. The molecule has 0 unspecified atom stereocenters. The third kappa shape index (κ3) is 7.59. The van der Waals surface area contributed by atoms with Gasteiger partial charge in [0, 0.05) is 33.5 Å². The summed E-state index contributed by atoms with van der Waals surface area (Å²) in [6, 6.07) is 21.1. The summed E-state index contributed by atoms with van der Waals surface area (Å²) in [6.07, 6.45) is 0.617. The fourth-order valence-corrected chi connectivity index (χ4v) is 8.84. The van der Waals surface area contributed by atoms with Crippen molar-refractivity contribution >= 4 is 60.8 Å². The zero-order chi connectivity index (χ0) is 28.7. The van der Waals surface area contributed by atoms with Gasteiger partial charge in [-0.15, -0.1) is 23.1 Å². The van der Waals surface area contributed by atoms with Crippen LogP contribution in [0.2, 0.25) is 5.02 Å². The summed E-state index contributed by atoms with van der Waals surface area (Å²) in [4.78, 5) is 12.6. The Morgan fingerprint density at radius 3 is 2.52 bits per heavy atom. The number of nitrogens with zero attached hydrogens (tertiary/aromatic N) is 1. The molecule has 4 rings (SSSR count). The van der Waals surface area contributed by atoms with E-state index >= 15 is 0 Å². The number of aryl methyl sites for hydroxylation is 2. The number of carbonyl (C=O) groups is 1. The van der Waals surface area contributed by atoms with E-state index in [9.17, 15) is 13.2 Å². The van der Waals surface area contributed by atoms with Gasteiger partial charge in [0.2, 0.25) is 0 Å². The molecule has 0 aliphatic heterocycles. The van der Waals surface area contributed by atoms with Gasteiger partial charge in [-0.1, -0.05) is 41.9 Å². The van der Waals surface area contributed by atoms with Gasteiger partial charge in [0.1, 0.15) is 9.96 Å². The molecule has 0 bridgehead atoms. The van der Waals surface area contributed by atoms with Crippen molar-refractivity contribution in [1.29, 1.82) is 0 Å². The van der Waals surface area contributed by atoms with Crippen molar-refractivity contribution in [3.05, 3.63) is 88.4 Å². The van der Waals surface area contributed by atoms with Crippen molar-refractivity contribution < 1.29 is 22.7 Å². The van der Waals surface area contributed by atoms with Crippen LogP contribution in [0.1, 0.15) is 23.6 Å². The Kier molecular flexibility index (Phi) is 10.5. The lowest BCUT2D eigenvalue weighted by atomic mass is 10.1. The Morgan fingerprint density at radius 1 is 1.02 bits per heavy atom. The summed E-state index contributed by atoms with van der Waals surface area (Å²) in [5.74, 6) is 0.783. The van der Waals surface area contributed by atoms with E-state index in [-0.39, 0.29) is 6.61 Å². The van der Waals surface area contributed by atoms with Crippen LogP contribution in [0.25, 0.3) is 10.1 Å². The lowest BCUT2D eigenvalue weighted by Crippen LogP contribution is -2.34. The highest BCUT2D eigenvalue weighted by molar-refractivity contribution is 7.99. The Balaban J connectivity index is 1.49. The summed E-state index contributed by atoms with van der Waals surface area (Å²) < 4.78 is 41.3. The van der Waals surface area contributed by atoms with Crippen LogP contribution in [-0.2, 0) is 26.0 Å². The lowest BCUT2D eigenvalue weighted by Gasteiger charge is -2.22. The van der Waals surface area contributed by atoms with Crippen molar-refractivity contribution in [3.8, 4) is 5.75 Å². The number of hydrogen-bond donors (Lipinski definition) is 0. The van der Waals surface area contributed by atoms with Gasteiger partial charge in [0.05, 0.1) is 6.61 Å². The smallest absolute Gasteiger partial charge is 0.344 e. The summed E-state index contributed by atoms with van der Waals surface area (Å²) in [5, 5.41) is 1.46. The molecule has 0 radical (unpaired) electrons. The van der Waals surface area contributed by atoms with E-state index in [1.54, 1.807) is 29.1 Å². The number of ether oxygens (including phenoxy) is 2. The maximum atomic E-state index is 14.0. The fraction of sp³-hybridized carbons (Fsp3) is 0.300. The minimum absolute atomic E-state index is 0.140. The molecule has 0 N–H and O–H groups in total. The molecule has 1 aromatic heterocycles. The van der Waals surface area contributed by atoms with E-state index in [1.165, 1.54) is 11.3 Å². The highest BCUT2D eigenvalue weighted by atomic mass is 35.5. The van der Waals surface area contributed by atoms with E-state index in [0.717, 1.165) is 31.7 Å². The zero-order valence-corrected chi connectivity index (χ0v) is 25.9. The fourth-order valence-electron chi connectivity index (χ4n) is 4.26. The molecular formula is C30H32ClNO5S3. The van der Waals surface area contributed by atoms with Crippen LogP contribution >= 0.6 is 34.7 Å². The van der Waals surface area contributed by atoms with E-state index in [0.29, 0.717) is 46.9 Å². The van der Waals surface area contributed by atoms with Crippen LogP contribution in [0.4, 0.5) is 0 Å². The molecule has 0 aliphatic rings. The number of hydrogen-bond acceptors (Lipinski definition) is 7. The summed E-state index contributed by atoms with van der Waals surface area (Å²) >= 11 is 9.07. The van der Waals surface area contributed by atoms with Crippen LogP contribution in [-0.4, -0.2) is 50.7 Å². The van der Waals surface area contributed by atoms with Crippen LogP contribution in [0.5, 0.6) is 5.75 Å². The SMILES string of the molecule is CCOC(=O)COc1ccc(SCCN(CCc2ccccc2)S(=O)(=O)c2sc3ccc(Cl)cc3c2C)cc1C. The van der Waals surface area contributed by atoms with Gasteiger partial charge in [0.25, 0.3) is 10.0 Å². The topological polar surface area (TPSA) is 72.9 Å². The van der Waals surface area contributed by atoms with E-state index < -0.39 is 16.0 Å². The number of benzene rings is 3. The molecule has 0 aliphatic carbocycles. The second kappa shape index (κ2) is 13.9. The molecule has 212 valence electrons. The molecule has 1 heterocycles. The zero-order valence-electron chi connectivity index (χ0n) is 22.7. The normalized spacial score (nSPS) is 11.7. The van der Waals surface area contributed by atoms with Crippen molar-refractivity contribution in [2.75, 3.05) is 32.1 Å². The quantitative estimate of drug-likeness (QED) is 0.117. The van der Waals surface area contributed by atoms with Crippen molar-refractivity contribution in [2.24, 2.45) is 0 Å². The third-order valence-electron chi connectivity index (χ3n) is 6.33. The summed E-state index contributed by atoms with van der Waals surface area (Å²) in [7, 11) is -3.73. The van der Waals surface area contributed by atoms with Crippen LogP contribution in [0.3, 0.4) is 0 Å². The molecule has 0 amide bonds. The van der Waals surface area contributed by atoms with E-state index in [1.807, 2.05) is 74.5 Å². The van der Waals surface area contributed by atoms with Gasteiger partial charge in [-0.2, -0.15) is 4.31 Å². The number of esters is 1. The monoisotopic (exact) mass is 617 g/mol. The molecular weight excluding hydrogens is 586 g/mol. The maximum Gasteiger partial charge on any atom is 0.344 e. The Bertz CT molecular complexity index is 1570. The van der Waals surface area contributed by atoms with E-state index in [4.69, 9.17) is 21.1 Å².